The van der Waals surface area contributed by atoms with Crippen LogP contribution in [0.3, 0.4) is 0 Å². The number of hydrogen-bond donors (Lipinski definition) is 0. The number of hydrogen-bond acceptors (Lipinski definition) is 2. The highest BCUT2D eigenvalue weighted by molar-refractivity contribution is 5.82. The summed E-state index contributed by atoms with van der Waals surface area (Å²) in [6.45, 7) is 6.48. The molecule has 1 saturated heterocycles. The minimum Gasteiger partial charge on any atom is -0.373 e. The monoisotopic (exact) mass is 210 g/mol. The molecule has 0 aromatic rings. The number of fused-ring (bicyclic) bond motifs is 1. The lowest BCUT2D eigenvalue weighted by atomic mass is 9.75. The first-order valence-electron chi connectivity index (χ1n) is 6.16. The molecular weight excluding hydrogens is 188 g/mol. The first-order chi connectivity index (χ1) is 6.98. The molecule has 0 bridgehead atoms. The van der Waals surface area contributed by atoms with Gasteiger partial charge >= 0.3 is 0 Å². The Morgan fingerprint density at radius 1 is 1.20 bits per heavy atom. The fourth-order valence-electron chi connectivity index (χ4n) is 2.73. The normalized spacial score (nSPS) is 37.5. The Hall–Kier alpha value is -0.370. The Balaban J connectivity index is 2.08. The van der Waals surface area contributed by atoms with E-state index in [0.29, 0.717) is 12.2 Å². The van der Waals surface area contributed by atoms with Crippen molar-refractivity contribution in [1.29, 1.82) is 0 Å². The molecule has 2 rings (SSSR count). The van der Waals surface area contributed by atoms with Crippen molar-refractivity contribution in [3.05, 3.63) is 0 Å². The Morgan fingerprint density at radius 3 is 2.53 bits per heavy atom. The van der Waals surface area contributed by atoms with Crippen LogP contribution < -0.4 is 0 Å². The van der Waals surface area contributed by atoms with Crippen molar-refractivity contribution in [3.8, 4) is 0 Å². The van der Waals surface area contributed by atoms with Crippen molar-refractivity contribution in [2.24, 2.45) is 11.3 Å². The topological polar surface area (TPSA) is 26.3 Å². The van der Waals surface area contributed by atoms with Gasteiger partial charge in [-0.25, -0.2) is 0 Å². The average molecular weight is 210 g/mol. The molecule has 1 saturated carbocycles. The summed E-state index contributed by atoms with van der Waals surface area (Å²) in [5, 5.41) is 0. The van der Waals surface area contributed by atoms with Crippen LogP contribution >= 0.6 is 0 Å². The van der Waals surface area contributed by atoms with Gasteiger partial charge in [-0.3, -0.25) is 4.79 Å². The largest absolute Gasteiger partial charge is 0.373 e. The quantitative estimate of drug-likeness (QED) is 0.614. The van der Waals surface area contributed by atoms with Crippen LogP contribution in [0.5, 0.6) is 0 Å². The fraction of sp³-hybridized carbons (Fsp3) is 0.923. The summed E-state index contributed by atoms with van der Waals surface area (Å²) in [4.78, 5) is 12.0. The SMILES string of the molecule is CC(C)(C)[C@@H]1CC(=O)[C@H]2CCCC[C@@H]2O1. The molecule has 2 heteroatoms. The van der Waals surface area contributed by atoms with Gasteiger partial charge < -0.3 is 4.74 Å². The first-order valence-corrected chi connectivity index (χ1v) is 6.16. The van der Waals surface area contributed by atoms with Crippen LogP contribution in [0.2, 0.25) is 0 Å². The van der Waals surface area contributed by atoms with Crippen molar-refractivity contribution in [2.75, 3.05) is 0 Å². The van der Waals surface area contributed by atoms with Crippen molar-refractivity contribution in [2.45, 2.75) is 65.1 Å². The smallest absolute Gasteiger partial charge is 0.141 e. The third-order valence-corrected chi connectivity index (χ3v) is 3.81. The predicted molar refractivity (Wildman–Crippen MR) is 59.7 cm³/mol. The molecule has 1 heterocycles. The van der Waals surface area contributed by atoms with Crippen LogP contribution in [0.4, 0.5) is 0 Å². The zero-order valence-electron chi connectivity index (χ0n) is 10.1. The van der Waals surface area contributed by atoms with E-state index in [1.165, 1.54) is 12.8 Å². The van der Waals surface area contributed by atoms with E-state index in [2.05, 4.69) is 20.8 Å². The standard InChI is InChI=1S/C13H22O2/c1-13(2,3)12-8-10(14)9-6-4-5-7-11(9)15-12/h9,11-12H,4-8H2,1-3H3/t9-,11+,12+/m1/s1. The van der Waals surface area contributed by atoms with Crippen molar-refractivity contribution in [1.82, 2.24) is 0 Å². The summed E-state index contributed by atoms with van der Waals surface area (Å²) < 4.78 is 6.10. The maximum absolute atomic E-state index is 12.0. The molecule has 86 valence electrons. The van der Waals surface area contributed by atoms with Crippen molar-refractivity contribution in [3.63, 3.8) is 0 Å². The van der Waals surface area contributed by atoms with Crippen LogP contribution in [-0.2, 0) is 9.53 Å². The van der Waals surface area contributed by atoms with Crippen molar-refractivity contribution >= 4 is 5.78 Å². The minimum absolute atomic E-state index is 0.0953. The van der Waals surface area contributed by atoms with E-state index in [1.807, 2.05) is 0 Å². The Labute approximate surface area is 92.4 Å². The summed E-state index contributed by atoms with van der Waals surface area (Å²) in [6.07, 6.45) is 5.56. The second-order valence-electron chi connectivity index (χ2n) is 6.09. The zero-order valence-corrected chi connectivity index (χ0v) is 10.1. The summed E-state index contributed by atoms with van der Waals surface area (Å²) in [5.74, 6) is 0.670. The average Bonchev–Trinajstić information content (AvgIpc) is 2.16. The molecule has 0 amide bonds. The molecule has 0 N–H and O–H groups in total. The molecule has 2 aliphatic rings. The van der Waals surface area contributed by atoms with Gasteiger partial charge in [0, 0.05) is 12.3 Å². The second kappa shape index (κ2) is 3.89. The van der Waals surface area contributed by atoms with E-state index in [9.17, 15) is 4.79 Å². The molecule has 0 spiro atoms. The van der Waals surface area contributed by atoms with Crippen LogP contribution in [0.1, 0.15) is 52.9 Å². The van der Waals surface area contributed by atoms with E-state index in [0.717, 1.165) is 12.8 Å². The first kappa shape index (κ1) is 11.1. The lowest BCUT2D eigenvalue weighted by Crippen LogP contribution is -2.47. The fourth-order valence-corrected chi connectivity index (χ4v) is 2.73. The molecule has 1 aliphatic carbocycles. The molecule has 1 aliphatic heterocycles. The van der Waals surface area contributed by atoms with Crippen LogP contribution in [-0.4, -0.2) is 18.0 Å². The molecule has 2 fully saturated rings. The lowest BCUT2D eigenvalue weighted by molar-refractivity contribution is -0.162. The van der Waals surface area contributed by atoms with E-state index in [4.69, 9.17) is 4.74 Å². The van der Waals surface area contributed by atoms with Crippen LogP contribution in [0.25, 0.3) is 0 Å². The lowest BCUT2D eigenvalue weighted by Gasteiger charge is -2.43. The zero-order chi connectivity index (χ0) is 11.1. The molecule has 0 aromatic heterocycles. The molecule has 0 unspecified atom stereocenters. The summed E-state index contributed by atoms with van der Waals surface area (Å²) in [6, 6.07) is 0. The molecule has 2 nitrogen and oxygen atoms in total. The van der Waals surface area contributed by atoms with E-state index < -0.39 is 0 Å². The molecular formula is C13H22O2. The van der Waals surface area contributed by atoms with Crippen molar-refractivity contribution < 1.29 is 9.53 Å². The van der Waals surface area contributed by atoms with Gasteiger partial charge in [-0.1, -0.05) is 33.6 Å². The number of carbonyl (C=O) groups is 1. The van der Waals surface area contributed by atoms with Gasteiger partial charge in [0.05, 0.1) is 12.2 Å². The molecule has 0 radical (unpaired) electrons. The number of Topliss-reactive ketones (excluding diaryl/α,β-unsaturated/α-hetero) is 1. The highest BCUT2D eigenvalue weighted by atomic mass is 16.5. The van der Waals surface area contributed by atoms with Gasteiger partial charge in [-0.05, 0) is 18.3 Å². The summed E-state index contributed by atoms with van der Waals surface area (Å²) in [7, 11) is 0. The highest BCUT2D eigenvalue weighted by Crippen LogP contribution is 2.38. The Kier molecular flexibility index (Phi) is 2.89. The van der Waals surface area contributed by atoms with Gasteiger partial charge in [0.15, 0.2) is 0 Å². The number of carbonyl (C=O) groups excluding carboxylic acids is 1. The van der Waals surface area contributed by atoms with Gasteiger partial charge in [-0.2, -0.15) is 0 Å². The summed E-state index contributed by atoms with van der Waals surface area (Å²) in [5.41, 5.74) is 0.0953. The third kappa shape index (κ3) is 2.25. The molecule has 0 aromatic carbocycles. The third-order valence-electron chi connectivity index (χ3n) is 3.81. The van der Waals surface area contributed by atoms with E-state index >= 15 is 0 Å². The summed E-state index contributed by atoms with van der Waals surface area (Å²) >= 11 is 0. The minimum atomic E-state index is 0.0953. The maximum Gasteiger partial charge on any atom is 0.141 e. The van der Waals surface area contributed by atoms with Gasteiger partial charge in [0.1, 0.15) is 5.78 Å². The second-order valence-corrected chi connectivity index (χ2v) is 6.09. The number of rotatable bonds is 0. The van der Waals surface area contributed by atoms with Gasteiger partial charge in [0.25, 0.3) is 0 Å². The van der Waals surface area contributed by atoms with Crippen LogP contribution in [0.15, 0.2) is 0 Å². The Morgan fingerprint density at radius 2 is 1.87 bits per heavy atom. The van der Waals surface area contributed by atoms with Gasteiger partial charge in [-0.15, -0.1) is 0 Å². The Bertz CT molecular complexity index is 252. The highest BCUT2D eigenvalue weighted by Gasteiger charge is 2.42. The van der Waals surface area contributed by atoms with Crippen LogP contribution in [0, 0.1) is 11.3 Å². The predicted octanol–water partition coefficient (Wildman–Crippen LogP) is 2.95. The number of ketones is 1. The maximum atomic E-state index is 12.0. The molecule has 3 atom stereocenters. The van der Waals surface area contributed by atoms with E-state index in [1.54, 1.807) is 0 Å². The molecule has 15 heavy (non-hydrogen) atoms. The van der Waals surface area contributed by atoms with E-state index in [-0.39, 0.29) is 23.5 Å². The number of ether oxygens (including phenoxy) is 1. The van der Waals surface area contributed by atoms with Gasteiger partial charge in [0.2, 0.25) is 0 Å².